The van der Waals surface area contributed by atoms with E-state index < -0.39 is 17.4 Å². The summed E-state index contributed by atoms with van der Waals surface area (Å²) in [6.07, 6.45) is 2.52. The highest BCUT2D eigenvalue weighted by Crippen LogP contribution is 2.48. The van der Waals surface area contributed by atoms with Gasteiger partial charge in [0.25, 0.3) is 0 Å². The second-order valence-corrected chi connectivity index (χ2v) is 5.45. The highest BCUT2D eigenvalue weighted by molar-refractivity contribution is 5.93. The number of amides is 1. The Morgan fingerprint density at radius 2 is 2.00 bits per heavy atom. The van der Waals surface area contributed by atoms with Crippen molar-refractivity contribution in [3.63, 3.8) is 0 Å². The number of methoxy groups -OCH3 is 1. The Hall–Kier alpha value is -1.88. The van der Waals surface area contributed by atoms with Crippen LogP contribution in [0.3, 0.4) is 0 Å². The van der Waals surface area contributed by atoms with Gasteiger partial charge in [-0.3, -0.25) is 4.79 Å². The molecule has 114 valence electrons. The first-order chi connectivity index (χ1) is 10.1. The Bertz CT molecular complexity index is 496. The van der Waals surface area contributed by atoms with Crippen molar-refractivity contribution in [3.8, 4) is 0 Å². The van der Waals surface area contributed by atoms with Crippen LogP contribution in [0.2, 0.25) is 0 Å². The fourth-order valence-electron chi connectivity index (χ4n) is 2.51. The summed E-state index contributed by atoms with van der Waals surface area (Å²) in [7, 11) is 1.57. The van der Waals surface area contributed by atoms with Crippen LogP contribution in [0, 0.1) is 0 Å². The van der Waals surface area contributed by atoms with E-state index in [1.165, 1.54) is 0 Å². The molecule has 1 amide bonds. The lowest BCUT2D eigenvalue weighted by molar-refractivity contribution is -0.142. The lowest BCUT2D eigenvalue weighted by Crippen LogP contribution is -2.45. The van der Waals surface area contributed by atoms with E-state index in [0.29, 0.717) is 19.4 Å². The number of carbonyl (C=O) groups excluding carboxylic acids is 1. The van der Waals surface area contributed by atoms with Gasteiger partial charge in [0.05, 0.1) is 5.41 Å². The lowest BCUT2D eigenvalue weighted by Gasteiger charge is -2.20. The summed E-state index contributed by atoms with van der Waals surface area (Å²) in [5.41, 5.74) is 0.430. The molecule has 2 N–H and O–H groups in total. The molecule has 1 aromatic carbocycles. The molecule has 1 saturated carbocycles. The van der Waals surface area contributed by atoms with E-state index in [1.54, 1.807) is 7.11 Å². The van der Waals surface area contributed by atoms with Gasteiger partial charge in [0, 0.05) is 13.7 Å². The minimum absolute atomic E-state index is 0.182. The van der Waals surface area contributed by atoms with Crippen LogP contribution in [0.15, 0.2) is 30.3 Å². The van der Waals surface area contributed by atoms with Crippen molar-refractivity contribution in [2.24, 2.45) is 0 Å². The molecule has 0 spiro atoms. The SMILES string of the molecule is COCCCC(NC(=O)C1(c2ccccc2)CC1)C(=O)O. The molecule has 1 aromatic rings. The number of aliphatic carboxylic acids is 1. The first-order valence-corrected chi connectivity index (χ1v) is 7.18. The molecule has 0 bridgehead atoms. The van der Waals surface area contributed by atoms with Gasteiger partial charge in [-0.2, -0.15) is 0 Å². The second kappa shape index (κ2) is 6.72. The molecule has 5 heteroatoms. The van der Waals surface area contributed by atoms with E-state index in [1.807, 2.05) is 30.3 Å². The van der Waals surface area contributed by atoms with Gasteiger partial charge in [0.2, 0.25) is 5.91 Å². The average Bonchev–Trinajstić information content (AvgIpc) is 3.29. The first-order valence-electron chi connectivity index (χ1n) is 7.18. The third kappa shape index (κ3) is 3.61. The maximum Gasteiger partial charge on any atom is 0.326 e. The smallest absolute Gasteiger partial charge is 0.326 e. The maximum absolute atomic E-state index is 12.5. The Balaban J connectivity index is 2.00. The molecular weight excluding hydrogens is 270 g/mol. The molecule has 1 fully saturated rings. The van der Waals surface area contributed by atoms with Gasteiger partial charge < -0.3 is 15.2 Å². The molecule has 21 heavy (non-hydrogen) atoms. The molecule has 0 aliphatic heterocycles. The number of nitrogens with one attached hydrogen (secondary N) is 1. The number of hydrogen-bond donors (Lipinski definition) is 2. The van der Waals surface area contributed by atoms with E-state index >= 15 is 0 Å². The minimum Gasteiger partial charge on any atom is -0.480 e. The molecule has 0 heterocycles. The molecule has 2 rings (SSSR count). The predicted octanol–water partition coefficient (Wildman–Crippen LogP) is 1.71. The Kier molecular flexibility index (Phi) is 4.96. The van der Waals surface area contributed by atoms with Crippen molar-refractivity contribution >= 4 is 11.9 Å². The summed E-state index contributed by atoms with van der Waals surface area (Å²) in [6, 6.07) is 8.70. The van der Waals surface area contributed by atoms with Gasteiger partial charge in [-0.15, -0.1) is 0 Å². The van der Waals surface area contributed by atoms with E-state index in [4.69, 9.17) is 4.74 Å². The van der Waals surface area contributed by atoms with E-state index in [0.717, 1.165) is 18.4 Å². The predicted molar refractivity (Wildman–Crippen MR) is 78.0 cm³/mol. The molecule has 1 aliphatic rings. The summed E-state index contributed by atoms with van der Waals surface area (Å²) >= 11 is 0. The first kappa shape index (κ1) is 15.5. The Labute approximate surface area is 124 Å². The third-order valence-corrected chi connectivity index (χ3v) is 3.96. The summed E-state index contributed by atoms with van der Waals surface area (Å²) < 4.78 is 4.92. The van der Waals surface area contributed by atoms with E-state index in [9.17, 15) is 14.7 Å². The number of carboxylic acids is 1. The molecule has 1 aliphatic carbocycles. The summed E-state index contributed by atoms with van der Waals surface area (Å²) in [6.45, 7) is 0.490. The molecule has 0 aromatic heterocycles. The van der Waals surface area contributed by atoms with Crippen LogP contribution in [-0.4, -0.2) is 36.7 Å². The highest BCUT2D eigenvalue weighted by Gasteiger charge is 2.51. The second-order valence-electron chi connectivity index (χ2n) is 5.45. The Morgan fingerprint density at radius 1 is 1.33 bits per heavy atom. The number of rotatable bonds is 8. The van der Waals surface area contributed by atoms with Crippen LogP contribution in [-0.2, 0) is 19.7 Å². The third-order valence-electron chi connectivity index (χ3n) is 3.96. The number of ether oxygens (including phenoxy) is 1. The minimum atomic E-state index is -0.997. The van der Waals surface area contributed by atoms with Gasteiger partial charge >= 0.3 is 5.97 Å². The van der Waals surface area contributed by atoms with Gasteiger partial charge in [-0.1, -0.05) is 30.3 Å². The Morgan fingerprint density at radius 3 is 2.52 bits per heavy atom. The molecular formula is C16H21NO4. The van der Waals surface area contributed by atoms with Crippen molar-refractivity contribution < 1.29 is 19.4 Å². The highest BCUT2D eigenvalue weighted by atomic mass is 16.5. The standard InChI is InChI=1S/C16H21NO4/c1-21-11-5-8-13(14(18)19)17-15(20)16(9-10-16)12-6-3-2-4-7-12/h2-4,6-7,13H,5,8-11H2,1H3,(H,17,20)(H,18,19). The van der Waals surface area contributed by atoms with Gasteiger partial charge in [-0.05, 0) is 31.2 Å². The summed E-state index contributed by atoms with van der Waals surface area (Å²) in [5, 5.41) is 11.9. The maximum atomic E-state index is 12.5. The van der Waals surface area contributed by atoms with Crippen molar-refractivity contribution in [1.29, 1.82) is 0 Å². The van der Waals surface area contributed by atoms with Crippen LogP contribution in [0.5, 0.6) is 0 Å². The zero-order valence-corrected chi connectivity index (χ0v) is 12.2. The largest absolute Gasteiger partial charge is 0.480 e. The van der Waals surface area contributed by atoms with Gasteiger partial charge in [0.1, 0.15) is 6.04 Å². The quantitative estimate of drug-likeness (QED) is 0.715. The zero-order chi connectivity index (χ0) is 15.3. The van der Waals surface area contributed by atoms with Crippen molar-refractivity contribution in [2.75, 3.05) is 13.7 Å². The monoisotopic (exact) mass is 291 g/mol. The van der Waals surface area contributed by atoms with Crippen molar-refractivity contribution in [3.05, 3.63) is 35.9 Å². The van der Waals surface area contributed by atoms with Crippen LogP contribution in [0.25, 0.3) is 0 Å². The number of benzene rings is 1. The normalized spacial score (nSPS) is 17.0. The van der Waals surface area contributed by atoms with Crippen LogP contribution >= 0.6 is 0 Å². The van der Waals surface area contributed by atoms with Crippen molar-refractivity contribution in [2.45, 2.75) is 37.1 Å². The number of carboxylic acid groups (broad SMARTS) is 1. The summed E-state index contributed by atoms with van der Waals surface area (Å²) in [5.74, 6) is -1.18. The number of hydrogen-bond acceptors (Lipinski definition) is 3. The fraction of sp³-hybridized carbons (Fsp3) is 0.500. The van der Waals surface area contributed by atoms with Gasteiger partial charge in [0.15, 0.2) is 0 Å². The lowest BCUT2D eigenvalue weighted by atomic mass is 9.94. The van der Waals surface area contributed by atoms with E-state index in [2.05, 4.69) is 5.32 Å². The molecule has 5 nitrogen and oxygen atoms in total. The number of carbonyl (C=O) groups is 2. The topological polar surface area (TPSA) is 75.6 Å². The fourth-order valence-corrected chi connectivity index (χ4v) is 2.51. The molecule has 1 unspecified atom stereocenters. The average molecular weight is 291 g/mol. The molecule has 0 radical (unpaired) electrons. The van der Waals surface area contributed by atoms with Crippen LogP contribution in [0.4, 0.5) is 0 Å². The van der Waals surface area contributed by atoms with Gasteiger partial charge in [-0.25, -0.2) is 4.79 Å². The van der Waals surface area contributed by atoms with Crippen molar-refractivity contribution in [1.82, 2.24) is 5.32 Å². The zero-order valence-electron chi connectivity index (χ0n) is 12.2. The van der Waals surface area contributed by atoms with Crippen LogP contribution in [0.1, 0.15) is 31.2 Å². The van der Waals surface area contributed by atoms with E-state index in [-0.39, 0.29) is 5.91 Å². The summed E-state index contributed by atoms with van der Waals surface area (Å²) in [4.78, 5) is 23.7. The molecule has 0 saturated heterocycles. The molecule has 1 atom stereocenters. The van der Waals surface area contributed by atoms with Crippen LogP contribution < -0.4 is 5.32 Å².